The predicted octanol–water partition coefficient (Wildman–Crippen LogP) is 20.7. The van der Waals surface area contributed by atoms with Crippen LogP contribution in [0.25, 0.3) is 176 Å². The van der Waals surface area contributed by atoms with Crippen molar-refractivity contribution in [1.29, 1.82) is 0 Å². The molecule has 8 aromatic heterocycles. The third-order valence-corrected chi connectivity index (χ3v) is 19.1. The molecule has 8 nitrogen and oxygen atoms in total. The molecule has 0 saturated carbocycles. The molecule has 8 heteroatoms. The van der Waals surface area contributed by atoms with Crippen LogP contribution in [0.1, 0.15) is 0 Å². The van der Waals surface area contributed by atoms with Gasteiger partial charge in [0.05, 0.1) is 90.0 Å². The Morgan fingerprint density at radius 1 is 0.156 bits per heavy atom. The molecular formula is C82H50N8. The van der Waals surface area contributed by atoms with Crippen molar-refractivity contribution < 1.29 is 0 Å². The Hall–Kier alpha value is -12.3. The van der Waals surface area contributed by atoms with Crippen LogP contribution in [0.3, 0.4) is 0 Å². The van der Waals surface area contributed by atoms with E-state index in [0.717, 1.165) is 88.9 Å². The zero-order valence-corrected chi connectivity index (χ0v) is 48.4. The second-order valence-corrected chi connectivity index (χ2v) is 23.8. The fourth-order valence-electron chi connectivity index (χ4n) is 15.3. The van der Waals surface area contributed by atoms with E-state index in [-0.39, 0.29) is 0 Å². The topological polar surface area (TPSA) is 55.4 Å². The standard InChI is InChI=1S/C82H50N8/c1-9-25-71-59(17-1)60-18-2-10-26-72(60)85(71)53-33-37-79-67(43-53)68-44-54(86-73-27-11-3-19-61(73)62-20-4-12-28-74(62)86)34-38-80(68)89(79)57-41-51(47-83-49-57)52-42-58(50-84-48-52)90-81-39-35-55(87-75-29-13-5-21-63(75)64-22-6-14-30-76(64)87)45-69(81)70-46-56(36-40-82(70)90)88-77-31-15-7-23-65(77)66-24-8-16-32-78(66)88/h1-50H. The molecule has 0 aliphatic rings. The molecule has 0 spiro atoms. The molecular weight excluding hydrogens is 1100 g/mol. The molecule has 20 aromatic rings. The van der Waals surface area contributed by atoms with Gasteiger partial charge in [-0.05, 0) is 133 Å². The van der Waals surface area contributed by atoms with Crippen LogP contribution in [-0.2, 0) is 0 Å². The van der Waals surface area contributed by atoms with Gasteiger partial charge in [-0.25, -0.2) is 0 Å². The highest BCUT2D eigenvalue weighted by molar-refractivity contribution is 6.17. The number of hydrogen-bond acceptors (Lipinski definition) is 2. The molecule has 0 N–H and O–H groups in total. The van der Waals surface area contributed by atoms with Gasteiger partial charge in [0.15, 0.2) is 0 Å². The van der Waals surface area contributed by atoms with Gasteiger partial charge < -0.3 is 27.4 Å². The van der Waals surface area contributed by atoms with Crippen molar-refractivity contribution in [2.75, 3.05) is 0 Å². The van der Waals surface area contributed by atoms with E-state index in [1.165, 1.54) is 87.2 Å². The van der Waals surface area contributed by atoms with Gasteiger partial charge in [-0.1, -0.05) is 146 Å². The number of hydrogen-bond donors (Lipinski definition) is 0. The molecule has 0 aliphatic heterocycles. The van der Waals surface area contributed by atoms with Gasteiger partial charge in [0, 0.05) is 111 Å². The third kappa shape index (κ3) is 6.89. The van der Waals surface area contributed by atoms with Crippen LogP contribution < -0.4 is 0 Å². The van der Waals surface area contributed by atoms with Crippen molar-refractivity contribution in [1.82, 2.24) is 37.4 Å². The first kappa shape index (κ1) is 48.9. The van der Waals surface area contributed by atoms with E-state index < -0.39 is 0 Å². The molecule has 90 heavy (non-hydrogen) atoms. The average molecular weight is 1150 g/mol. The lowest BCUT2D eigenvalue weighted by molar-refractivity contribution is 1.12. The summed E-state index contributed by atoms with van der Waals surface area (Å²) in [5.74, 6) is 0. The van der Waals surface area contributed by atoms with Crippen molar-refractivity contribution in [2.24, 2.45) is 0 Å². The van der Waals surface area contributed by atoms with Gasteiger partial charge in [0.1, 0.15) is 0 Å². The van der Waals surface area contributed by atoms with Crippen molar-refractivity contribution in [3.8, 4) is 45.3 Å². The number of nitrogens with zero attached hydrogens (tertiary/aromatic N) is 8. The highest BCUT2D eigenvalue weighted by atomic mass is 15.0. The maximum absolute atomic E-state index is 5.06. The van der Waals surface area contributed by atoms with E-state index in [1.807, 2.05) is 24.8 Å². The van der Waals surface area contributed by atoms with Crippen LogP contribution in [0, 0.1) is 0 Å². The SMILES string of the molecule is c1ccc2c(c1)c1ccccc1n2-c1ccc2c(c1)c1cc(-n3c4ccccc4c4ccccc43)ccc1n2-c1cncc(-c2cncc(-n3c4ccc(-n5c6ccccc6c6ccccc65)cc4c4cc(-n5c6ccccc6c6ccccc65)ccc43)c2)c1. The van der Waals surface area contributed by atoms with Crippen molar-refractivity contribution in [3.05, 3.63) is 304 Å². The molecule has 12 aromatic carbocycles. The van der Waals surface area contributed by atoms with E-state index in [0.29, 0.717) is 0 Å². The number of benzene rings is 12. The highest BCUT2D eigenvalue weighted by Gasteiger charge is 2.23. The summed E-state index contributed by atoms with van der Waals surface area (Å²) >= 11 is 0. The minimum absolute atomic E-state index is 0.958. The molecule has 0 aliphatic carbocycles. The molecule has 0 fully saturated rings. The van der Waals surface area contributed by atoms with Crippen LogP contribution in [0.2, 0.25) is 0 Å². The molecule has 0 saturated heterocycles. The Labute approximate surface area is 514 Å². The lowest BCUT2D eigenvalue weighted by Crippen LogP contribution is -1.99. The third-order valence-electron chi connectivity index (χ3n) is 19.1. The van der Waals surface area contributed by atoms with E-state index in [4.69, 9.17) is 9.97 Å². The predicted molar refractivity (Wildman–Crippen MR) is 374 cm³/mol. The van der Waals surface area contributed by atoms with Gasteiger partial charge in [-0.2, -0.15) is 0 Å². The minimum Gasteiger partial charge on any atom is -0.309 e. The Kier molecular flexibility index (Phi) is 10.1. The van der Waals surface area contributed by atoms with Crippen LogP contribution in [-0.4, -0.2) is 37.4 Å². The van der Waals surface area contributed by atoms with Gasteiger partial charge >= 0.3 is 0 Å². The molecule has 0 amide bonds. The van der Waals surface area contributed by atoms with Crippen molar-refractivity contribution >= 4 is 131 Å². The monoisotopic (exact) mass is 1150 g/mol. The maximum atomic E-state index is 5.06. The number of fused-ring (bicyclic) bond motifs is 18. The van der Waals surface area contributed by atoms with E-state index in [1.54, 1.807) is 0 Å². The van der Waals surface area contributed by atoms with Crippen molar-refractivity contribution in [2.45, 2.75) is 0 Å². The second kappa shape index (κ2) is 18.6. The molecule has 8 heterocycles. The number of aromatic nitrogens is 8. The highest BCUT2D eigenvalue weighted by Crippen LogP contribution is 2.43. The molecule has 0 unspecified atom stereocenters. The first-order valence-corrected chi connectivity index (χ1v) is 30.7. The van der Waals surface area contributed by atoms with Gasteiger partial charge in [-0.15, -0.1) is 0 Å². The second-order valence-electron chi connectivity index (χ2n) is 23.8. The van der Waals surface area contributed by atoms with Gasteiger partial charge in [0.2, 0.25) is 0 Å². The Bertz CT molecular complexity index is 5490. The Morgan fingerprint density at radius 2 is 0.344 bits per heavy atom. The van der Waals surface area contributed by atoms with E-state index in [9.17, 15) is 0 Å². The summed E-state index contributed by atoms with van der Waals surface area (Å²) in [5, 5.41) is 14.5. The molecule has 0 atom stereocenters. The normalized spacial score (nSPS) is 12.2. The number of para-hydroxylation sites is 8. The Balaban J connectivity index is 0.773. The van der Waals surface area contributed by atoms with E-state index in [2.05, 4.69) is 306 Å². The summed E-state index contributed by atoms with van der Waals surface area (Å²) < 4.78 is 14.4. The first-order valence-electron chi connectivity index (χ1n) is 30.7. The largest absolute Gasteiger partial charge is 0.309 e. The lowest BCUT2D eigenvalue weighted by atomic mass is 10.1. The van der Waals surface area contributed by atoms with Crippen LogP contribution in [0.15, 0.2) is 304 Å². The number of pyridine rings is 2. The molecule has 0 radical (unpaired) electrons. The summed E-state index contributed by atoms with van der Waals surface area (Å²) in [6.45, 7) is 0. The maximum Gasteiger partial charge on any atom is 0.0651 e. The summed E-state index contributed by atoms with van der Waals surface area (Å²) in [6.07, 6.45) is 7.94. The van der Waals surface area contributed by atoms with E-state index >= 15 is 0 Å². The molecule has 418 valence electrons. The summed E-state index contributed by atoms with van der Waals surface area (Å²) in [7, 11) is 0. The Morgan fingerprint density at radius 3 is 0.567 bits per heavy atom. The zero-order chi connectivity index (χ0) is 58.7. The summed E-state index contributed by atoms with van der Waals surface area (Å²) in [6, 6.07) is 102. The molecule has 0 bridgehead atoms. The fourth-order valence-corrected chi connectivity index (χ4v) is 15.3. The van der Waals surface area contributed by atoms with Crippen molar-refractivity contribution in [3.63, 3.8) is 0 Å². The van der Waals surface area contributed by atoms with Crippen LogP contribution in [0.4, 0.5) is 0 Å². The van der Waals surface area contributed by atoms with Gasteiger partial charge in [0.25, 0.3) is 0 Å². The average Bonchev–Trinajstić information content (AvgIpc) is 1.77. The first-order chi connectivity index (χ1) is 44.7. The van der Waals surface area contributed by atoms with Crippen LogP contribution in [0.5, 0.6) is 0 Å². The summed E-state index contributed by atoms with van der Waals surface area (Å²) in [4.78, 5) is 10.1. The quantitative estimate of drug-likeness (QED) is 0.160. The van der Waals surface area contributed by atoms with Gasteiger partial charge in [-0.3, -0.25) is 9.97 Å². The fraction of sp³-hybridized carbons (Fsp3) is 0. The number of rotatable bonds is 7. The molecule has 20 rings (SSSR count). The van der Waals surface area contributed by atoms with Crippen LogP contribution >= 0.6 is 0 Å². The minimum atomic E-state index is 0.958. The summed E-state index contributed by atoms with van der Waals surface area (Å²) in [5.41, 5.74) is 22.0. The zero-order valence-electron chi connectivity index (χ0n) is 48.4. The lowest BCUT2D eigenvalue weighted by Gasteiger charge is -2.13. The smallest absolute Gasteiger partial charge is 0.0651 e.